The van der Waals surface area contributed by atoms with Gasteiger partial charge in [0.15, 0.2) is 10.8 Å². The second kappa shape index (κ2) is 13.0. The molecular formula is C22H30N4O7S2. The van der Waals surface area contributed by atoms with Crippen LogP contribution in [0.3, 0.4) is 0 Å². The molecule has 2 aromatic rings. The molecular weight excluding hydrogens is 496 g/mol. The van der Waals surface area contributed by atoms with Gasteiger partial charge in [-0.05, 0) is 31.9 Å². The topological polar surface area (TPSA) is 137 Å². The highest BCUT2D eigenvalue weighted by Crippen LogP contribution is 2.20. The van der Waals surface area contributed by atoms with Crippen LogP contribution in [-0.2, 0) is 40.5 Å². The zero-order chi connectivity index (χ0) is 25.3. The van der Waals surface area contributed by atoms with Crippen LogP contribution in [0.5, 0.6) is 0 Å². The van der Waals surface area contributed by atoms with Crippen molar-refractivity contribution in [1.82, 2.24) is 9.71 Å². The molecule has 11 nitrogen and oxygen atoms in total. The molecule has 0 aliphatic carbocycles. The van der Waals surface area contributed by atoms with Gasteiger partial charge in [-0.25, -0.2) is 18.1 Å². The largest absolute Gasteiger partial charge is 0.390 e. The predicted molar refractivity (Wildman–Crippen MR) is 131 cm³/mol. The Balaban J connectivity index is 1.79. The second-order valence-corrected chi connectivity index (χ2v) is 10.7. The SMILES string of the molecule is COCc1cnc(NC(=O)C(=NO[C@H](C)COC)c2ccc(S(=O)(=O)NC3CCOCC3)cc2)s1. The second-order valence-electron chi connectivity index (χ2n) is 7.86. The third-order valence-electron chi connectivity index (χ3n) is 4.98. The molecule has 0 radical (unpaired) electrons. The maximum atomic E-state index is 13.0. The third kappa shape index (κ3) is 8.05. The van der Waals surface area contributed by atoms with Gasteiger partial charge in [0.1, 0.15) is 6.10 Å². The number of sulfonamides is 1. The average molecular weight is 527 g/mol. The Bertz CT molecular complexity index is 1100. The quantitative estimate of drug-likeness (QED) is 0.317. The van der Waals surface area contributed by atoms with Crippen LogP contribution in [0.15, 0.2) is 40.5 Å². The first-order chi connectivity index (χ1) is 16.8. The number of ether oxygens (including phenoxy) is 3. The lowest BCUT2D eigenvalue weighted by molar-refractivity contribution is -0.110. The molecule has 2 heterocycles. The molecule has 1 aromatic heterocycles. The first kappa shape index (κ1) is 27.2. The van der Waals surface area contributed by atoms with Crippen LogP contribution in [0.2, 0.25) is 0 Å². The van der Waals surface area contributed by atoms with Crippen molar-refractivity contribution in [3.63, 3.8) is 0 Å². The molecule has 1 aliphatic heterocycles. The number of oxime groups is 1. The molecule has 1 aromatic carbocycles. The molecule has 0 spiro atoms. The van der Waals surface area contributed by atoms with Crippen LogP contribution in [0.25, 0.3) is 0 Å². The van der Waals surface area contributed by atoms with Crippen LogP contribution < -0.4 is 10.0 Å². The Morgan fingerprint density at radius 3 is 2.60 bits per heavy atom. The van der Waals surface area contributed by atoms with Crippen molar-refractivity contribution in [2.75, 3.05) is 39.4 Å². The van der Waals surface area contributed by atoms with Crippen LogP contribution in [0.4, 0.5) is 5.13 Å². The number of amides is 1. The summed E-state index contributed by atoms with van der Waals surface area (Å²) >= 11 is 1.27. The number of anilines is 1. The molecule has 0 saturated carbocycles. The monoisotopic (exact) mass is 526 g/mol. The fraction of sp³-hybridized carbons (Fsp3) is 0.500. The first-order valence-corrected chi connectivity index (χ1v) is 13.3. The van der Waals surface area contributed by atoms with Gasteiger partial charge >= 0.3 is 0 Å². The van der Waals surface area contributed by atoms with E-state index < -0.39 is 22.0 Å². The summed E-state index contributed by atoms with van der Waals surface area (Å²) in [5.74, 6) is -0.552. The summed E-state index contributed by atoms with van der Waals surface area (Å²) in [6.45, 7) is 3.45. The molecule has 1 atom stereocenters. The van der Waals surface area contributed by atoms with E-state index in [1.54, 1.807) is 20.2 Å². The summed E-state index contributed by atoms with van der Waals surface area (Å²) in [4.78, 5) is 23.6. The lowest BCUT2D eigenvalue weighted by atomic mass is 10.1. The Labute approximate surface area is 208 Å². The van der Waals surface area contributed by atoms with Crippen LogP contribution in [0, 0.1) is 0 Å². The summed E-state index contributed by atoms with van der Waals surface area (Å²) in [5.41, 5.74) is 0.351. The number of nitrogens with one attached hydrogen (secondary N) is 2. The molecule has 2 N–H and O–H groups in total. The fourth-order valence-corrected chi connectivity index (χ4v) is 5.34. The smallest absolute Gasteiger partial charge is 0.280 e. The van der Waals surface area contributed by atoms with Crippen LogP contribution in [0.1, 0.15) is 30.2 Å². The van der Waals surface area contributed by atoms with Crippen molar-refractivity contribution >= 4 is 38.1 Å². The van der Waals surface area contributed by atoms with Gasteiger partial charge in [0.2, 0.25) is 10.0 Å². The van der Waals surface area contributed by atoms with E-state index in [4.69, 9.17) is 19.0 Å². The molecule has 1 amide bonds. The van der Waals surface area contributed by atoms with Gasteiger partial charge in [-0.15, -0.1) is 0 Å². The van der Waals surface area contributed by atoms with E-state index in [1.165, 1.54) is 42.7 Å². The molecule has 3 rings (SSSR count). The van der Waals surface area contributed by atoms with Crippen molar-refractivity contribution in [2.24, 2.45) is 5.16 Å². The first-order valence-electron chi connectivity index (χ1n) is 11.0. The molecule has 0 bridgehead atoms. The molecule has 1 fully saturated rings. The number of methoxy groups -OCH3 is 2. The van der Waals surface area contributed by atoms with Crippen LogP contribution in [-0.4, -0.2) is 71.2 Å². The van der Waals surface area contributed by atoms with Gasteiger partial charge in [0, 0.05) is 45.2 Å². The fourth-order valence-electron chi connectivity index (χ4n) is 3.26. The van der Waals surface area contributed by atoms with E-state index in [9.17, 15) is 13.2 Å². The van der Waals surface area contributed by atoms with E-state index in [0.717, 1.165) is 4.88 Å². The van der Waals surface area contributed by atoms with E-state index in [0.29, 0.717) is 43.4 Å². The minimum atomic E-state index is -3.72. The number of benzene rings is 1. The van der Waals surface area contributed by atoms with Gasteiger partial charge in [-0.2, -0.15) is 0 Å². The lowest BCUT2D eigenvalue weighted by Crippen LogP contribution is -2.38. The molecule has 13 heteroatoms. The van der Waals surface area contributed by atoms with E-state index in [2.05, 4.69) is 20.2 Å². The Kier molecular flexibility index (Phi) is 10.1. The maximum absolute atomic E-state index is 13.0. The number of hydrogen-bond acceptors (Lipinski definition) is 10. The van der Waals surface area contributed by atoms with Crippen molar-refractivity contribution in [3.05, 3.63) is 40.9 Å². The number of carbonyl (C=O) groups excluding carboxylic acids is 1. The summed E-state index contributed by atoms with van der Waals surface area (Å²) in [6.07, 6.45) is 2.45. The van der Waals surface area contributed by atoms with Crippen LogP contribution >= 0.6 is 11.3 Å². The zero-order valence-electron chi connectivity index (χ0n) is 19.9. The summed E-state index contributed by atoms with van der Waals surface area (Å²) < 4.78 is 43.7. The highest BCUT2D eigenvalue weighted by Gasteiger charge is 2.23. The van der Waals surface area contributed by atoms with Gasteiger partial charge in [-0.1, -0.05) is 28.6 Å². The summed E-state index contributed by atoms with van der Waals surface area (Å²) in [6, 6.07) is 5.71. The highest BCUT2D eigenvalue weighted by molar-refractivity contribution is 7.89. The Morgan fingerprint density at radius 2 is 1.94 bits per heavy atom. The van der Waals surface area contributed by atoms with E-state index in [-0.39, 0.29) is 23.3 Å². The number of carbonyl (C=O) groups is 1. The van der Waals surface area contributed by atoms with E-state index in [1.807, 2.05) is 0 Å². The van der Waals surface area contributed by atoms with Crippen molar-refractivity contribution in [2.45, 2.75) is 43.4 Å². The maximum Gasteiger partial charge on any atom is 0.280 e. The Hall–Kier alpha value is -2.42. The zero-order valence-corrected chi connectivity index (χ0v) is 21.5. The number of aromatic nitrogens is 1. The number of hydrogen-bond donors (Lipinski definition) is 2. The van der Waals surface area contributed by atoms with Gasteiger partial charge < -0.3 is 19.0 Å². The molecule has 1 aliphatic rings. The molecule has 0 unspecified atom stereocenters. The average Bonchev–Trinajstić information content (AvgIpc) is 3.27. The molecule has 192 valence electrons. The molecule has 35 heavy (non-hydrogen) atoms. The van der Waals surface area contributed by atoms with E-state index >= 15 is 0 Å². The third-order valence-corrected chi connectivity index (χ3v) is 7.40. The minimum absolute atomic E-state index is 0.0298. The summed E-state index contributed by atoms with van der Waals surface area (Å²) in [7, 11) is -0.615. The summed E-state index contributed by atoms with van der Waals surface area (Å²) in [5, 5.41) is 7.11. The highest BCUT2D eigenvalue weighted by atomic mass is 32.2. The minimum Gasteiger partial charge on any atom is -0.390 e. The number of nitrogens with zero attached hydrogens (tertiary/aromatic N) is 2. The van der Waals surface area contributed by atoms with Crippen molar-refractivity contribution in [3.8, 4) is 0 Å². The standard InChI is InChI=1S/C22H30N4O7S2/c1-15(13-30-2)33-25-20(21(27)24-22-23-12-18(34-22)14-31-3)16-4-6-19(7-5-16)35(28,29)26-17-8-10-32-11-9-17/h4-7,12,15,17,26H,8-11,13-14H2,1-3H3,(H,23,24,27)/t15-/m1/s1. The normalized spacial score (nSPS) is 16.1. The molecule has 1 saturated heterocycles. The Morgan fingerprint density at radius 1 is 1.23 bits per heavy atom. The number of rotatable bonds is 12. The van der Waals surface area contributed by atoms with Crippen molar-refractivity contribution < 1.29 is 32.3 Å². The van der Waals surface area contributed by atoms with Crippen molar-refractivity contribution in [1.29, 1.82) is 0 Å². The predicted octanol–water partition coefficient (Wildman–Crippen LogP) is 2.14. The number of thiazole rings is 1. The van der Waals surface area contributed by atoms with Gasteiger partial charge in [-0.3, -0.25) is 10.1 Å². The lowest BCUT2D eigenvalue weighted by Gasteiger charge is -2.23. The van der Waals surface area contributed by atoms with Gasteiger partial charge in [0.05, 0.1) is 23.0 Å². The van der Waals surface area contributed by atoms with Gasteiger partial charge in [0.25, 0.3) is 5.91 Å².